The van der Waals surface area contributed by atoms with E-state index in [2.05, 4.69) is 0 Å². The molecule has 0 heterocycles. The van der Waals surface area contributed by atoms with E-state index in [4.69, 9.17) is 9.47 Å². The molecule has 1 N–H and O–H groups in total. The van der Waals surface area contributed by atoms with E-state index in [1.165, 1.54) is 0 Å². The molecule has 0 saturated heterocycles. The normalized spacial score (nSPS) is 10.3. The minimum Gasteiger partial charge on any atom is -0.504 e. The number of nitrogens with zero attached hydrogens (tertiary/aromatic N) is 2. The number of phenolic OH excluding ortho intramolecular Hbond substituents is 1. The van der Waals surface area contributed by atoms with E-state index >= 15 is 0 Å². The van der Waals surface area contributed by atoms with Gasteiger partial charge < -0.3 is 14.6 Å². The topological polar surface area (TPSA) is 176 Å². The second kappa shape index (κ2) is 9.56. The predicted octanol–water partition coefficient (Wildman–Crippen LogP) is 3.85. The minimum atomic E-state index is -1.06. The van der Waals surface area contributed by atoms with Crippen molar-refractivity contribution in [2.24, 2.45) is 0 Å². The first-order valence-corrected chi connectivity index (χ1v) is 9.38. The van der Waals surface area contributed by atoms with Crippen molar-refractivity contribution in [1.29, 1.82) is 0 Å². The summed E-state index contributed by atoms with van der Waals surface area (Å²) in [6.07, 6.45) is 0. The molecule has 12 nitrogen and oxygen atoms in total. The maximum atomic E-state index is 12.5. The maximum absolute atomic E-state index is 12.5. The molecule has 0 fully saturated rings. The van der Waals surface area contributed by atoms with Gasteiger partial charge in [0, 0.05) is 24.3 Å². The van der Waals surface area contributed by atoms with Crippen molar-refractivity contribution < 1.29 is 38.8 Å². The monoisotopic (exact) mass is 466 g/mol. The summed E-state index contributed by atoms with van der Waals surface area (Å²) in [5.41, 5.74) is -0.936. The maximum Gasteiger partial charge on any atom is 0.343 e. The SMILES string of the molecule is CC(=O)c1ccc(OC(=O)c2ccc([N+](=O)[O-])cc2)c(OC(=O)c2ccc([N+](=O)[O-])cc2)c1O. The number of non-ortho nitro benzene ring substituents is 2. The Hall–Kier alpha value is -5.13. The molecule has 0 saturated carbocycles. The second-order valence-electron chi connectivity index (χ2n) is 6.73. The Bertz CT molecular complexity index is 1310. The van der Waals surface area contributed by atoms with Crippen molar-refractivity contribution in [2.45, 2.75) is 6.92 Å². The Balaban J connectivity index is 1.93. The highest BCUT2D eigenvalue weighted by molar-refractivity contribution is 6.00. The summed E-state index contributed by atoms with van der Waals surface area (Å²) in [6, 6.07) is 11.1. The van der Waals surface area contributed by atoms with E-state index in [9.17, 15) is 39.7 Å². The zero-order chi connectivity index (χ0) is 25.0. The number of Topliss-reactive ketones (excluding diaryl/α,β-unsaturated/α-hetero) is 1. The predicted molar refractivity (Wildman–Crippen MR) is 114 cm³/mol. The zero-order valence-electron chi connectivity index (χ0n) is 17.3. The first kappa shape index (κ1) is 23.5. The molecule has 0 aliphatic rings. The third-order valence-corrected chi connectivity index (χ3v) is 4.50. The van der Waals surface area contributed by atoms with Crippen molar-refractivity contribution in [3.63, 3.8) is 0 Å². The largest absolute Gasteiger partial charge is 0.504 e. The van der Waals surface area contributed by atoms with Crippen molar-refractivity contribution >= 4 is 29.1 Å². The van der Waals surface area contributed by atoms with Gasteiger partial charge in [0.05, 0.1) is 26.5 Å². The van der Waals surface area contributed by atoms with E-state index in [1.807, 2.05) is 0 Å². The lowest BCUT2D eigenvalue weighted by molar-refractivity contribution is -0.385. The molecule has 0 aromatic heterocycles. The van der Waals surface area contributed by atoms with Crippen molar-refractivity contribution in [3.8, 4) is 17.2 Å². The molecule has 0 unspecified atom stereocenters. The number of hydrogen-bond acceptors (Lipinski definition) is 10. The molecule has 0 bridgehead atoms. The molecule has 3 aromatic rings. The highest BCUT2D eigenvalue weighted by atomic mass is 16.6. The summed E-state index contributed by atoms with van der Waals surface area (Å²) in [4.78, 5) is 57.1. The van der Waals surface area contributed by atoms with Gasteiger partial charge in [-0.1, -0.05) is 0 Å². The van der Waals surface area contributed by atoms with Crippen LogP contribution >= 0.6 is 0 Å². The molecular weight excluding hydrogens is 452 g/mol. The fraction of sp³-hybridized carbons (Fsp3) is 0.0455. The van der Waals surface area contributed by atoms with Crippen LogP contribution in [0.15, 0.2) is 60.7 Å². The van der Waals surface area contributed by atoms with Crippen LogP contribution in [-0.2, 0) is 0 Å². The average Bonchev–Trinajstić information content (AvgIpc) is 2.81. The number of esters is 2. The molecule has 12 heteroatoms. The third kappa shape index (κ3) is 5.02. The smallest absolute Gasteiger partial charge is 0.343 e. The first-order chi connectivity index (χ1) is 16.1. The number of carbonyl (C=O) groups is 3. The summed E-state index contributed by atoms with van der Waals surface area (Å²) in [6.45, 7) is 1.15. The highest BCUT2D eigenvalue weighted by Gasteiger charge is 2.24. The van der Waals surface area contributed by atoms with Crippen molar-refractivity contribution in [3.05, 3.63) is 97.6 Å². The van der Waals surface area contributed by atoms with E-state index in [0.29, 0.717) is 0 Å². The van der Waals surface area contributed by atoms with Gasteiger partial charge in [-0.05, 0) is 43.3 Å². The second-order valence-corrected chi connectivity index (χ2v) is 6.73. The fourth-order valence-electron chi connectivity index (χ4n) is 2.76. The van der Waals surface area contributed by atoms with Crippen LogP contribution < -0.4 is 9.47 Å². The zero-order valence-corrected chi connectivity index (χ0v) is 17.3. The van der Waals surface area contributed by atoms with Gasteiger partial charge in [0.15, 0.2) is 17.3 Å². The quantitative estimate of drug-likeness (QED) is 0.177. The molecule has 3 aromatic carbocycles. The van der Waals surface area contributed by atoms with Crippen LogP contribution in [0.5, 0.6) is 17.2 Å². The van der Waals surface area contributed by atoms with Crippen LogP contribution in [0.3, 0.4) is 0 Å². The number of benzene rings is 3. The summed E-state index contributed by atoms with van der Waals surface area (Å²) in [7, 11) is 0. The van der Waals surface area contributed by atoms with Crippen LogP contribution in [0.4, 0.5) is 11.4 Å². The van der Waals surface area contributed by atoms with Gasteiger partial charge in [-0.3, -0.25) is 25.0 Å². The Morgan fingerprint density at radius 1 is 0.735 bits per heavy atom. The number of ether oxygens (including phenoxy) is 2. The van der Waals surface area contributed by atoms with E-state index in [0.717, 1.165) is 67.6 Å². The molecular formula is C22H14N2O10. The van der Waals surface area contributed by atoms with E-state index in [1.54, 1.807) is 0 Å². The average molecular weight is 466 g/mol. The molecule has 0 aliphatic heterocycles. The molecule has 3 rings (SSSR count). The number of nitro benzene ring substituents is 2. The Morgan fingerprint density at radius 3 is 1.59 bits per heavy atom. The summed E-state index contributed by atoms with van der Waals surface area (Å²) < 4.78 is 10.4. The van der Waals surface area contributed by atoms with Crippen LogP contribution in [0.2, 0.25) is 0 Å². The van der Waals surface area contributed by atoms with Crippen LogP contribution in [0.1, 0.15) is 38.0 Å². The first-order valence-electron chi connectivity index (χ1n) is 9.38. The molecule has 34 heavy (non-hydrogen) atoms. The fourth-order valence-corrected chi connectivity index (χ4v) is 2.76. The van der Waals surface area contributed by atoms with Gasteiger partial charge in [-0.2, -0.15) is 0 Å². The lowest BCUT2D eigenvalue weighted by Gasteiger charge is -2.14. The lowest BCUT2D eigenvalue weighted by Crippen LogP contribution is -2.13. The number of nitro groups is 2. The number of rotatable bonds is 7. The highest BCUT2D eigenvalue weighted by Crippen LogP contribution is 2.40. The minimum absolute atomic E-state index is 0.0756. The standard InChI is InChI=1S/C22H14N2O10/c1-12(25)17-10-11-18(33-21(27)13-2-6-15(7-3-13)23(29)30)20(19(17)26)34-22(28)14-4-8-16(9-5-14)24(31)32/h2-11,26H,1H3. The summed E-state index contributed by atoms with van der Waals surface area (Å²) in [5, 5.41) is 32.0. The Morgan fingerprint density at radius 2 is 1.18 bits per heavy atom. The summed E-state index contributed by atoms with van der Waals surface area (Å²) in [5.74, 6) is -4.43. The number of phenols is 1. The molecule has 0 amide bonds. The van der Waals surface area contributed by atoms with Crippen molar-refractivity contribution in [1.82, 2.24) is 0 Å². The van der Waals surface area contributed by atoms with E-state index in [-0.39, 0.29) is 28.1 Å². The van der Waals surface area contributed by atoms with Gasteiger partial charge in [0.1, 0.15) is 0 Å². The number of carbonyl (C=O) groups excluding carboxylic acids is 3. The molecule has 172 valence electrons. The van der Waals surface area contributed by atoms with Gasteiger partial charge in [0.25, 0.3) is 11.4 Å². The van der Waals surface area contributed by atoms with Crippen molar-refractivity contribution in [2.75, 3.05) is 0 Å². The molecule has 0 spiro atoms. The van der Waals surface area contributed by atoms with E-state index < -0.39 is 44.8 Å². The van der Waals surface area contributed by atoms with Gasteiger partial charge in [0.2, 0.25) is 5.75 Å². The van der Waals surface area contributed by atoms with Gasteiger partial charge in [-0.25, -0.2) is 9.59 Å². The lowest BCUT2D eigenvalue weighted by atomic mass is 10.1. The third-order valence-electron chi connectivity index (χ3n) is 4.50. The Labute approximate surface area is 190 Å². The van der Waals surface area contributed by atoms with Gasteiger partial charge >= 0.3 is 11.9 Å². The number of ketones is 1. The van der Waals surface area contributed by atoms with Gasteiger partial charge in [-0.15, -0.1) is 0 Å². The number of hydrogen-bond donors (Lipinski definition) is 1. The van der Waals surface area contributed by atoms with Crippen LogP contribution in [0, 0.1) is 20.2 Å². The Kier molecular flexibility index (Phi) is 6.62. The molecule has 0 radical (unpaired) electrons. The van der Waals surface area contributed by atoms with Crippen LogP contribution in [-0.4, -0.2) is 32.7 Å². The molecule has 0 aliphatic carbocycles. The van der Waals surface area contributed by atoms with Crippen LogP contribution in [0.25, 0.3) is 0 Å². The number of aromatic hydroxyl groups is 1. The summed E-state index contributed by atoms with van der Waals surface area (Å²) >= 11 is 0. The molecule has 0 atom stereocenters.